The molecule has 2 aliphatic rings. The van der Waals surface area contributed by atoms with E-state index in [4.69, 9.17) is 0 Å². The summed E-state index contributed by atoms with van der Waals surface area (Å²) in [4.78, 5) is 23.7. The van der Waals surface area contributed by atoms with E-state index in [0.717, 1.165) is 37.1 Å². The highest BCUT2D eigenvalue weighted by Crippen LogP contribution is 2.15. The lowest BCUT2D eigenvalue weighted by Crippen LogP contribution is -2.20. The highest BCUT2D eigenvalue weighted by atomic mass is 16.2. The first-order chi connectivity index (χ1) is 12.7. The fraction of sp³-hybridized carbons (Fsp3) is 0.800. The molecule has 0 atom stereocenters. The van der Waals surface area contributed by atoms with Crippen LogP contribution < -0.4 is 10.9 Å². The van der Waals surface area contributed by atoms with Crippen molar-refractivity contribution in [2.24, 2.45) is 10.2 Å². The van der Waals surface area contributed by atoms with Gasteiger partial charge in [0, 0.05) is 24.3 Å². The highest BCUT2D eigenvalue weighted by molar-refractivity contribution is 5.87. The molecule has 2 fully saturated rings. The summed E-state index contributed by atoms with van der Waals surface area (Å²) in [5.74, 6) is -0.110. The van der Waals surface area contributed by atoms with Gasteiger partial charge in [-0.15, -0.1) is 0 Å². The Morgan fingerprint density at radius 2 is 0.962 bits per heavy atom. The van der Waals surface area contributed by atoms with E-state index in [1.165, 1.54) is 51.4 Å². The number of carbonyl (C=O) groups excluding carboxylic acids is 2. The minimum Gasteiger partial charge on any atom is -0.273 e. The summed E-state index contributed by atoms with van der Waals surface area (Å²) in [5, 5.41) is 8.53. The standard InChI is InChI=1S/C20H34N4O2/c25-19(23-21-17-11-5-1-2-6-12-17)15-9-10-16-20(26)24-22-18-13-7-3-4-8-14-18/h1-16H2,(H,23,25)(H,24,26). The van der Waals surface area contributed by atoms with Gasteiger partial charge in [-0.25, -0.2) is 10.9 Å². The van der Waals surface area contributed by atoms with Gasteiger partial charge in [-0.2, -0.15) is 10.2 Å². The Hall–Kier alpha value is -1.72. The summed E-state index contributed by atoms with van der Waals surface area (Å²) in [6, 6.07) is 0. The zero-order valence-electron chi connectivity index (χ0n) is 16.0. The van der Waals surface area contributed by atoms with Crippen molar-refractivity contribution < 1.29 is 9.59 Å². The summed E-state index contributed by atoms with van der Waals surface area (Å²) in [6.45, 7) is 0. The van der Waals surface area contributed by atoms with Gasteiger partial charge in [-0.05, 0) is 64.2 Å². The second kappa shape index (κ2) is 12.6. The van der Waals surface area contributed by atoms with E-state index < -0.39 is 0 Å². The zero-order chi connectivity index (χ0) is 18.5. The third kappa shape index (κ3) is 9.11. The van der Waals surface area contributed by atoms with Crippen molar-refractivity contribution in [3.63, 3.8) is 0 Å². The van der Waals surface area contributed by atoms with Crippen LogP contribution in [0.3, 0.4) is 0 Å². The molecule has 2 rings (SSSR count). The molecule has 0 aromatic carbocycles. The smallest absolute Gasteiger partial charge is 0.240 e. The number of unbranched alkanes of at least 4 members (excludes halogenated alkanes) is 1. The molecule has 2 amide bonds. The molecule has 6 nitrogen and oxygen atoms in total. The number of carbonyl (C=O) groups is 2. The van der Waals surface area contributed by atoms with Crippen LogP contribution in [0.1, 0.15) is 103 Å². The van der Waals surface area contributed by atoms with Crippen LogP contribution in [0, 0.1) is 0 Å². The number of amides is 2. The van der Waals surface area contributed by atoms with Gasteiger partial charge in [0.25, 0.3) is 0 Å². The summed E-state index contributed by atoms with van der Waals surface area (Å²) < 4.78 is 0. The van der Waals surface area contributed by atoms with Crippen LogP contribution in [0.5, 0.6) is 0 Å². The minimum atomic E-state index is -0.0548. The molecule has 0 aliphatic heterocycles. The summed E-state index contributed by atoms with van der Waals surface area (Å²) in [5.41, 5.74) is 7.57. The van der Waals surface area contributed by atoms with Gasteiger partial charge in [-0.1, -0.05) is 25.7 Å². The Morgan fingerprint density at radius 1 is 0.615 bits per heavy atom. The van der Waals surface area contributed by atoms with Crippen LogP contribution in [0.4, 0.5) is 0 Å². The predicted octanol–water partition coefficient (Wildman–Crippen LogP) is 4.20. The second-order valence-electron chi connectivity index (χ2n) is 7.46. The van der Waals surface area contributed by atoms with E-state index in [1.54, 1.807) is 0 Å². The van der Waals surface area contributed by atoms with Gasteiger partial charge >= 0.3 is 0 Å². The maximum Gasteiger partial charge on any atom is 0.240 e. The van der Waals surface area contributed by atoms with Gasteiger partial charge in [0.05, 0.1) is 0 Å². The molecule has 0 radical (unpaired) electrons. The van der Waals surface area contributed by atoms with Crippen LogP contribution in [-0.4, -0.2) is 23.2 Å². The summed E-state index contributed by atoms with van der Waals surface area (Å²) >= 11 is 0. The van der Waals surface area contributed by atoms with Crippen LogP contribution in [0.2, 0.25) is 0 Å². The first kappa shape index (κ1) is 20.6. The largest absolute Gasteiger partial charge is 0.273 e. The predicted molar refractivity (Wildman–Crippen MR) is 105 cm³/mol. The Morgan fingerprint density at radius 3 is 1.31 bits per heavy atom. The Kier molecular flexibility index (Phi) is 9.98. The normalized spacial score (nSPS) is 18.5. The quantitative estimate of drug-likeness (QED) is 0.404. The van der Waals surface area contributed by atoms with Crippen LogP contribution in [0.25, 0.3) is 0 Å². The topological polar surface area (TPSA) is 82.9 Å². The van der Waals surface area contributed by atoms with Gasteiger partial charge in [0.2, 0.25) is 11.8 Å². The average molecular weight is 363 g/mol. The number of hydrogen-bond acceptors (Lipinski definition) is 4. The number of nitrogens with one attached hydrogen (secondary N) is 2. The molecule has 0 spiro atoms. The molecule has 0 aromatic heterocycles. The van der Waals surface area contributed by atoms with Crippen LogP contribution in [0.15, 0.2) is 10.2 Å². The summed E-state index contributed by atoms with van der Waals surface area (Å²) in [6.07, 6.45) is 16.0. The van der Waals surface area contributed by atoms with Crippen LogP contribution >= 0.6 is 0 Å². The van der Waals surface area contributed by atoms with Crippen molar-refractivity contribution >= 4 is 23.2 Å². The van der Waals surface area contributed by atoms with E-state index in [1.807, 2.05) is 0 Å². The number of rotatable bonds is 7. The van der Waals surface area contributed by atoms with Crippen molar-refractivity contribution in [3.8, 4) is 0 Å². The Bertz CT molecular complexity index is 448. The van der Waals surface area contributed by atoms with Gasteiger partial charge < -0.3 is 0 Å². The third-order valence-electron chi connectivity index (χ3n) is 5.10. The van der Waals surface area contributed by atoms with Crippen LogP contribution in [-0.2, 0) is 9.59 Å². The number of nitrogens with zero attached hydrogens (tertiary/aromatic N) is 2. The van der Waals surface area contributed by atoms with Crippen molar-refractivity contribution in [2.45, 2.75) is 103 Å². The zero-order valence-corrected chi connectivity index (χ0v) is 16.0. The minimum absolute atomic E-state index is 0.0548. The lowest BCUT2D eigenvalue weighted by atomic mass is 10.2. The fourth-order valence-electron chi connectivity index (χ4n) is 3.46. The molecule has 2 aliphatic carbocycles. The lowest BCUT2D eigenvalue weighted by molar-refractivity contribution is -0.123. The molecule has 0 aromatic rings. The third-order valence-corrected chi connectivity index (χ3v) is 5.10. The molecule has 2 N–H and O–H groups in total. The molecule has 0 bridgehead atoms. The molecular formula is C20H34N4O2. The van der Waals surface area contributed by atoms with Gasteiger partial charge in [0.1, 0.15) is 0 Å². The maximum absolute atomic E-state index is 11.8. The van der Waals surface area contributed by atoms with Gasteiger partial charge in [-0.3, -0.25) is 9.59 Å². The van der Waals surface area contributed by atoms with E-state index in [9.17, 15) is 9.59 Å². The van der Waals surface area contributed by atoms with Crippen molar-refractivity contribution in [1.29, 1.82) is 0 Å². The Labute approximate surface area is 157 Å². The lowest BCUT2D eigenvalue weighted by Gasteiger charge is -2.05. The average Bonchev–Trinajstić information content (AvgIpc) is 3.06. The molecule has 26 heavy (non-hydrogen) atoms. The molecule has 146 valence electrons. The first-order valence-electron chi connectivity index (χ1n) is 10.4. The number of hydrazone groups is 2. The SMILES string of the molecule is O=C(CCCCC(=O)NN=C1CCCCCC1)NN=C1CCCCCC1. The maximum atomic E-state index is 11.8. The first-order valence-corrected chi connectivity index (χ1v) is 10.4. The number of hydrogen-bond donors (Lipinski definition) is 2. The summed E-state index contributed by atoms with van der Waals surface area (Å²) in [7, 11) is 0. The molecule has 0 saturated heterocycles. The molecular weight excluding hydrogens is 328 g/mol. The van der Waals surface area contributed by atoms with Gasteiger partial charge in [0.15, 0.2) is 0 Å². The van der Waals surface area contributed by atoms with Crippen molar-refractivity contribution in [3.05, 3.63) is 0 Å². The second-order valence-corrected chi connectivity index (χ2v) is 7.46. The highest BCUT2D eigenvalue weighted by Gasteiger charge is 2.08. The molecule has 0 unspecified atom stereocenters. The van der Waals surface area contributed by atoms with E-state index >= 15 is 0 Å². The van der Waals surface area contributed by atoms with Crippen molar-refractivity contribution in [2.75, 3.05) is 0 Å². The van der Waals surface area contributed by atoms with E-state index in [0.29, 0.717) is 25.7 Å². The molecule has 0 heterocycles. The monoisotopic (exact) mass is 362 g/mol. The Balaban J connectivity index is 1.54. The fourth-order valence-corrected chi connectivity index (χ4v) is 3.46. The molecule has 6 heteroatoms. The molecule has 2 saturated carbocycles. The van der Waals surface area contributed by atoms with E-state index in [2.05, 4.69) is 21.1 Å². The van der Waals surface area contributed by atoms with Crippen molar-refractivity contribution in [1.82, 2.24) is 10.9 Å². The van der Waals surface area contributed by atoms with E-state index in [-0.39, 0.29) is 11.8 Å².